The second-order valence-electron chi connectivity index (χ2n) is 10.3. The molecule has 0 heterocycles. The Hall–Kier alpha value is -6.27. The maximum Gasteiger partial charge on any atom is 0.518 e. The van der Waals surface area contributed by atoms with E-state index in [1.165, 1.54) is 0 Å². The van der Waals surface area contributed by atoms with Crippen molar-refractivity contribution in [3.05, 3.63) is 171 Å². The Bertz CT molecular complexity index is 1910. The second-order valence-corrected chi connectivity index (χ2v) is 10.3. The Morgan fingerprint density at radius 1 is 0.522 bits per heavy atom. The average Bonchev–Trinajstić information content (AvgIpc) is 3.10. The van der Waals surface area contributed by atoms with Crippen LogP contribution in [0.3, 0.4) is 0 Å². The molecule has 0 aliphatic heterocycles. The lowest BCUT2D eigenvalue weighted by Crippen LogP contribution is -2.11. The quantitative estimate of drug-likeness (QED) is 0.0881. The molecule has 0 saturated heterocycles. The van der Waals surface area contributed by atoms with Crippen molar-refractivity contribution < 1.29 is 19.0 Å². The Morgan fingerprint density at radius 3 is 1.39 bits per heavy atom. The first kappa shape index (κ1) is 29.8. The maximum absolute atomic E-state index is 11.9. The zero-order valence-electron chi connectivity index (χ0n) is 25.3. The predicted octanol–water partition coefficient (Wildman–Crippen LogP) is 11.0. The van der Waals surface area contributed by atoms with Gasteiger partial charge in [0.1, 0.15) is 11.5 Å². The summed E-state index contributed by atoms with van der Waals surface area (Å²) in [6.45, 7) is 3.40. The Kier molecular flexibility index (Phi) is 9.07. The van der Waals surface area contributed by atoms with Gasteiger partial charge in [0.25, 0.3) is 0 Å². The maximum atomic E-state index is 11.9. The number of hydrogen-bond donors (Lipinski definition) is 0. The van der Waals surface area contributed by atoms with E-state index in [1.54, 1.807) is 19.2 Å². The third-order valence-corrected chi connectivity index (χ3v) is 7.38. The van der Waals surface area contributed by atoms with Gasteiger partial charge in [-0.15, -0.1) is 0 Å². The number of ether oxygens (including phenoxy) is 3. The molecular weight excluding hydrogens is 572 g/mol. The molecule has 0 fully saturated rings. The van der Waals surface area contributed by atoms with Crippen LogP contribution >= 0.6 is 0 Å². The van der Waals surface area contributed by atoms with E-state index in [0.717, 1.165) is 57.3 Å². The number of rotatable bonds is 10. The molecule has 0 N–H and O–H groups in total. The lowest BCUT2D eigenvalue weighted by molar-refractivity contribution is 0.136. The molecule has 0 amide bonds. The van der Waals surface area contributed by atoms with E-state index in [2.05, 4.69) is 83.1 Å². The van der Waals surface area contributed by atoms with E-state index in [-0.39, 0.29) is 0 Å². The van der Waals surface area contributed by atoms with Crippen molar-refractivity contribution in [2.24, 2.45) is 0 Å². The molecule has 0 unspecified atom stereocenters. The van der Waals surface area contributed by atoms with Crippen LogP contribution < -0.4 is 19.3 Å². The minimum atomic E-state index is -0.843. The lowest BCUT2D eigenvalue weighted by Gasteiger charge is -2.26. The molecule has 46 heavy (non-hydrogen) atoms. The van der Waals surface area contributed by atoms with Gasteiger partial charge in [-0.2, -0.15) is 0 Å². The number of methoxy groups -OCH3 is 1. The van der Waals surface area contributed by atoms with Crippen LogP contribution in [-0.2, 0) is 4.74 Å². The molecule has 6 aromatic carbocycles. The molecule has 0 aromatic heterocycles. The summed E-state index contributed by atoms with van der Waals surface area (Å²) in [6, 6.07) is 52.6. The van der Waals surface area contributed by atoms with Crippen molar-refractivity contribution in [2.45, 2.75) is 0 Å². The van der Waals surface area contributed by atoms with Crippen molar-refractivity contribution in [1.29, 1.82) is 0 Å². The lowest BCUT2D eigenvalue weighted by atomic mass is 10.0. The van der Waals surface area contributed by atoms with E-state index in [0.29, 0.717) is 5.75 Å². The molecule has 0 saturated carbocycles. The third-order valence-electron chi connectivity index (χ3n) is 7.38. The van der Waals surface area contributed by atoms with Crippen LogP contribution in [0.1, 0.15) is 0 Å². The highest BCUT2D eigenvalue weighted by atomic mass is 16.7. The highest BCUT2D eigenvalue weighted by Crippen LogP contribution is 2.39. The normalized spacial score (nSPS) is 10.5. The van der Waals surface area contributed by atoms with Gasteiger partial charge < -0.3 is 24.0 Å². The van der Waals surface area contributed by atoms with Crippen LogP contribution in [0, 0.1) is 0 Å². The minimum Gasteiger partial charge on any atom is -0.497 e. The van der Waals surface area contributed by atoms with Crippen LogP contribution in [0.15, 0.2) is 171 Å². The number of anilines is 6. The van der Waals surface area contributed by atoms with Crippen LogP contribution in [0.2, 0.25) is 0 Å². The molecule has 0 atom stereocenters. The molecule has 6 aromatic rings. The summed E-state index contributed by atoms with van der Waals surface area (Å²) in [7, 11) is 1.68. The number of hydrogen-bond acceptors (Lipinski definition) is 6. The first-order valence-electron chi connectivity index (χ1n) is 14.8. The third kappa shape index (κ3) is 6.77. The van der Waals surface area contributed by atoms with E-state index in [4.69, 9.17) is 14.2 Å². The fourth-order valence-electron chi connectivity index (χ4n) is 5.28. The van der Waals surface area contributed by atoms with Gasteiger partial charge in [-0.25, -0.2) is 4.79 Å². The van der Waals surface area contributed by atoms with Gasteiger partial charge in [-0.3, -0.25) is 0 Å². The number of nitrogens with zero attached hydrogens (tertiary/aromatic N) is 2. The molecule has 6 heteroatoms. The summed E-state index contributed by atoms with van der Waals surface area (Å²) in [5, 5.41) is 0. The first-order chi connectivity index (χ1) is 22.6. The molecule has 6 nitrogen and oxygen atoms in total. The standard InChI is InChI=1S/C40H32N2O4/c1-3-45-40(43)46-39-19-11-17-37(29-39)42(33-14-8-5-9-15-33)35-26-22-31(23-27-35)30-20-24-34(25-21-30)41(32-12-6-4-7-13-32)36-16-10-18-38(28-36)44-2/h3-29H,1H2,2H3. The summed E-state index contributed by atoms with van der Waals surface area (Å²) in [5.74, 6) is 1.16. The second kappa shape index (κ2) is 14.0. The van der Waals surface area contributed by atoms with Gasteiger partial charge in [0, 0.05) is 46.3 Å². The topological polar surface area (TPSA) is 51.2 Å². The fraction of sp³-hybridized carbons (Fsp3) is 0.0250. The van der Waals surface area contributed by atoms with Crippen molar-refractivity contribution in [3.63, 3.8) is 0 Å². The average molecular weight is 605 g/mol. The summed E-state index contributed by atoms with van der Waals surface area (Å²) in [4.78, 5) is 16.2. The van der Waals surface area contributed by atoms with Crippen LogP contribution in [0.25, 0.3) is 11.1 Å². The number of carbonyl (C=O) groups excluding carboxylic acids is 1. The highest BCUT2D eigenvalue weighted by Gasteiger charge is 2.16. The molecule has 0 radical (unpaired) electrons. The van der Waals surface area contributed by atoms with Crippen molar-refractivity contribution in [1.82, 2.24) is 0 Å². The summed E-state index contributed by atoms with van der Waals surface area (Å²) in [5.41, 5.74) is 8.02. The smallest absolute Gasteiger partial charge is 0.497 e. The monoisotopic (exact) mass is 604 g/mol. The largest absolute Gasteiger partial charge is 0.518 e. The SMILES string of the molecule is C=COC(=O)Oc1cccc(N(c2ccccc2)c2ccc(-c3ccc(N(c4ccccc4)c4cccc(OC)c4)cc3)cc2)c1. The summed E-state index contributed by atoms with van der Waals surface area (Å²) >= 11 is 0. The van der Waals surface area contributed by atoms with Crippen LogP contribution in [0.4, 0.5) is 38.9 Å². The van der Waals surface area contributed by atoms with Crippen LogP contribution in [-0.4, -0.2) is 13.3 Å². The predicted molar refractivity (Wildman–Crippen MR) is 185 cm³/mol. The van der Waals surface area contributed by atoms with Crippen molar-refractivity contribution in [3.8, 4) is 22.6 Å². The fourth-order valence-corrected chi connectivity index (χ4v) is 5.28. The van der Waals surface area contributed by atoms with Gasteiger partial charge in [0.15, 0.2) is 0 Å². The van der Waals surface area contributed by atoms with E-state index in [9.17, 15) is 4.79 Å². The molecule has 0 aliphatic rings. The number of benzene rings is 6. The van der Waals surface area contributed by atoms with E-state index >= 15 is 0 Å². The Balaban J connectivity index is 1.30. The highest BCUT2D eigenvalue weighted by molar-refractivity contribution is 5.81. The number of carbonyl (C=O) groups is 1. The number of para-hydroxylation sites is 2. The Morgan fingerprint density at radius 2 is 0.935 bits per heavy atom. The van der Waals surface area contributed by atoms with E-state index in [1.807, 2.05) is 78.9 Å². The zero-order valence-corrected chi connectivity index (χ0v) is 25.3. The molecule has 0 bridgehead atoms. The summed E-state index contributed by atoms with van der Waals surface area (Å²) < 4.78 is 15.6. The molecular formula is C40H32N2O4. The zero-order chi connectivity index (χ0) is 31.7. The van der Waals surface area contributed by atoms with Crippen molar-refractivity contribution >= 4 is 40.3 Å². The van der Waals surface area contributed by atoms with Crippen LogP contribution in [0.5, 0.6) is 11.5 Å². The minimum absolute atomic E-state index is 0.362. The molecule has 226 valence electrons. The van der Waals surface area contributed by atoms with Gasteiger partial charge in [-0.1, -0.05) is 79.4 Å². The Labute approximate surface area is 269 Å². The summed E-state index contributed by atoms with van der Waals surface area (Å²) in [6.07, 6.45) is 0.196. The molecule has 6 rings (SSSR count). The first-order valence-corrected chi connectivity index (χ1v) is 14.8. The van der Waals surface area contributed by atoms with Gasteiger partial charge in [-0.05, 0) is 83.9 Å². The molecule has 0 aliphatic carbocycles. The van der Waals surface area contributed by atoms with E-state index < -0.39 is 6.16 Å². The van der Waals surface area contributed by atoms with Crippen molar-refractivity contribution in [2.75, 3.05) is 16.9 Å². The van der Waals surface area contributed by atoms with Gasteiger partial charge in [0.05, 0.1) is 13.4 Å². The van der Waals surface area contributed by atoms with Gasteiger partial charge in [0.2, 0.25) is 0 Å². The molecule has 0 spiro atoms. The van der Waals surface area contributed by atoms with Gasteiger partial charge >= 0.3 is 6.16 Å².